The summed E-state index contributed by atoms with van der Waals surface area (Å²) in [6.07, 6.45) is 8.70. The molecule has 2 rings (SSSR count). The molecule has 2 fully saturated rings. The van der Waals surface area contributed by atoms with E-state index in [0.29, 0.717) is 12.3 Å². The molecule has 3 N–H and O–H groups in total. The van der Waals surface area contributed by atoms with E-state index in [9.17, 15) is 4.79 Å². The van der Waals surface area contributed by atoms with Crippen molar-refractivity contribution in [3.63, 3.8) is 0 Å². The van der Waals surface area contributed by atoms with Gasteiger partial charge in [0.15, 0.2) is 0 Å². The fourth-order valence-corrected chi connectivity index (χ4v) is 3.07. The van der Waals surface area contributed by atoms with E-state index in [1.807, 2.05) is 0 Å². The number of hydrogen-bond acceptors (Lipinski definition) is 2. The van der Waals surface area contributed by atoms with Gasteiger partial charge in [0.05, 0.1) is 0 Å². The predicted octanol–water partition coefficient (Wildman–Crippen LogP) is 2.37. The van der Waals surface area contributed by atoms with Gasteiger partial charge in [-0.2, -0.15) is 0 Å². The summed E-state index contributed by atoms with van der Waals surface area (Å²) in [5.74, 6) is 0.651. The summed E-state index contributed by atoms with van der Waals surface area (Å²) in [7, 11) is 0. The normalized spacial score (nSPS) is 30.2. The van der Waals surface area contributed by atoms with Crippen LogP contribution in [0.1, 0.15) is 58.3 Å². The molecule has 0 aliphatic heterocycles. The van der Waals surface area contributed by atoms with E-state index in [1.54, 1.807) is 0 Å². The summed E-state index contributed by atoms with van der Waals surface area (Å²) in [5.41, 5.74) is 6.13. The van der Waals surface area contributed by atoms with Gasteiger partial charge in [0, 0.05) is 18.0 Å². The fourth-order valence-electron chi connectivity index (χ4n) is 3.07. The Hall–Kier alpha value is -0.280. The molecule has 2 saturated carbocycles. The Morgan fingerprint density at radius 1 is 1.35 bits per heavy atom. The molecule has 0 saturated heterocycles. The minimum Gasteiger partial charge on any atom is -0.351 e. The first-order chi connectivity index (χ1) is 7.65. The second-order valence-corrected chi connectivity index (χ2v) is 5.59. The molecule has 2 aliphatic carbocycles. The van der Waals surface area contributed by atoms with E-state index in [2.05, 4.69) is 12.2 Å². The number of rotatable bonds is 4. The highest BCUT2D eigenvalue weighted by Gasteiger charge is 2.37. The molecule has 4 heteroatoms. The van der Waals surface area contributed by atoms with Gasteiger partial charge in [0.1, 0.15) is 0 Å². The molecule has 0 unspecified atom stereocenters. The lowest BCUT2D eigenvalue weighted by Gasteiger charge is -2.42. The standard InChI is InChI=1S/C13H24N2O.ClH/c1-2-13(7-4-8-13)15-12(16)9-10-5-3-6-11(10)14;/h10-11H,2-9,14H2,1H3,(H,15,16);1H/t10-,11+;/m0./s1. The smallest absolute Gasteiger partial charge is 0.220 e. The lowest BCUT2D eigenvalue weighted by Crippen LogP contribution is -2.53. The van der Waals surface area contributed by atoms with Crippen LogP contribution in [0.3, 0.4) is 0 Å². The van der Waals surface area contributed by atoms with Crippen molar-refractivity contribution in [3.8, 4) is 0 Å². The van der Waals surface area contributed by atoms with E-state index < -0.39 is 0 Å². The van der Waals surface area contributed by atoms with Gasteiger partial charge in [-0.3, -0.25) is 4.79 Å². The van der Waals surface area contributed by atoms with Crippen molar-refractivity contribution in [1.29, 1.82) is 0 Å². The first-order valence-corrected chi connectivity index (χ1v) is 6.72. The molecule has 0 aromatic rings. The Bertz CT molecular complexity index is 261. The maximum absolute atomic E-state index is 11.9. The Balaban J connectivity index is 0.00000144. The first kappa shape index (κ1) is 14.8. The summed E-state index contributed by atoms with van der Waals surface area (Å²) in [5, 5.41) is 3.23. The molecule has 100 valence electrons. The van der Waals surface area contributed by atoms with E-state index in [-0.39, 0.29) is 29.9 Å². The molecule has 0 bridgehead atoms. The van der Waals surface area contributed by atoms with Crippen LogP contribution in [0.4, 0.5) is 0 Å². The third kappa shape index (κ3) is 3.35. The molecule has 0 spiro atoms. The number of nitrogens with two attached hydrogens (primary N) is 1. The monoisotopic (exact) mass is 260 g/mol. The zero-order valence-corrected chi connectivity index (χ0v) is 11.5. The molecular formula is C13H25ClN2O. The summed E-state index contributed by atoms with van der Waals surface area (Å²) in [6, 6.07) is 0.254. The van der Waals surface area contributed by atoms with Crippen molar-refractivity contribution >= 4 is 18.3 Å². The maximum Gasteiger partial charge on any atom is 0.220 e. The van der Waals surface area contributed by atoms with Crippen LogP contribution in [0.25, 0.3) is 0 Å². The molecule has 0 heterocycles. The molecule has 2 aliphatic rings. The lowest BCUT2D eigenvalue weighted by atomic mass is 9.74. The third-order valence-electron chi connectivity index (χ3n) is 4.56. The van der Waals surface area contributed by atoms with E-state index >= 15 is 0 Å². The highest BCUT2D eigenvalue weighted by Crippen LogP contribution is 2.35. The van der Waals surface area contributed by atoms with E-state index in [4.69, 9.17) is 5.73 Å². The molecule has 2 atom stereocenters. The van der Waals surface area contributed by atoms with Gasteiger partial charge in [0.2, 0.25) is 5.91 Å². The average Bonchev–Trinajstić information content (AvgIpc) is 2.58. The Morgan fingerprint density at radius 2 is 2.06 bits per heavy atom. The zero-order valence-electron chi connectivity index (χ0n) is 10.7. The van der Waals surface area contributed by atoms with Gasteiger partial charge in [-0.1, -0.05) is 13.3 Å². The van der Waals surface area contributed by atoms with Crippen molar-refractivity contribution < 1.29 is 4.79 Å². The number of nitrogens with one attached hydrogen (secondary N) is 1. The highest BCUT2D eigenvalue weighted by molar-refractivity contribution is 5.85. The minimum absolute atomic E-state index is 0. The molecule has 3 nitrogen and oxygen atoms in total. The van der Waals surface area contributed by atoms with Gasteiger partial charge in [0.25, 0.3) is 0 Å². The van der Waals surface area contributed by atoms with Crippen LogP contribution in [-0.4, -0.2) is 17.5 Å². The summed E-state index contributed by atoms with van der Waals surface area (Å²) in [6.45, 7) is 2.17. The van der Waals surface area contributed by atoms with Crippen LogP contribution >= 0.6 is 12.4 Å². The van der Waals surface area contributed by atoms with Crippen molar-refractivity contribution in [1.82, 2.24) is 5.32 Å². The average molecular weight is 261 g/mol. The Labute approximate surface area is 110 Å². The molecule has 0 aromatic heterocycles. The number of halogens is 1. The van der Waals surface area contributed by atoms with Crippen LogP contribution in [-0.2, 0) is 4.79 Å². The molecular weight excluding hydrogens is 236 g/mol. The second-order valence-electron chi connectivity index (χ2n) is 5.59. The summed E-state index contributed by atoms with van der Waals surface area (Å²) >= 11 is 0. The molecule has 0 radical (unpaired) electrons. The SMILES string of the molecule is CCC1(NC(=O)C[C@@H]2CCC[C@H]2N)CCC1.Cl. The van der Waals surface area contributed by atoms with Crippen LogP contribution < -0.4 is 11.1 Å². The minimum atomic E-state index is 0. The maximum atomic E-state index is 11.9. The lowest BCUT2D eigenvalue weighted by molar-refractivity contribution is -0.125. The highest BCUT2D eigenvalue weighted by atomic mass is 35.5. The van der Waals surface area contributed by atoms with Crippen molar-refractivity contribution in [3.05, 3.63) is 0 Å². The molecule has 1 amide bonds. The summed E-state index contributed by atoms with van der Waals surface area (Å²) in [4.78, 5) is 11.9. The van der Waals surface area contributed by atoms with Crippen LogP contribution in [0.2, 0.25) is 0 Å². The van der Waals surface area contributed by atoms with Gasteiger partial charge >= 0.3 is 0 Å². The number of amides is 1. The van der Waals surface area contributed by atoms with Crippen molar-refractivity contribution in [2.75, 3.05) is 0 Å². The third-order valence-corrected chi connectivity index (χ3v) is 4.56. The molecule has 17 heavy (non-hydrogen) atoms. The Kier molecular flexibility index (Phi) is 5.26. The van der Waals surface area contributed by atoms with Crippen molar-refractivity contribution in [2.45, 2.75) is 69.9 Å². The van der Waals surface area contributed by atoms with Crippen molar-refractivity contribution in [2.24, 2.45) is 11.7 Å². The van der Waals surface area contributed by atoms with Crippen LogP contribution in [0.5, 0.6) is 0 Å². The molecule has 0 aromatic carbocycles. The van der Waals surface area contributed by atoms with E-state index in [1.165, 1.54) is 12.8 Å². The second kappa shape index (κ2) is 6.05. The number of hydrogen-bond donors (Lipinski definition) is 2. The topological polar surface area (TPSA) is 55.1 Å². The first-order valence-electron chi connectivity index (χ1n) is 6.72. The van der Waals surface area contributed by atoms with Crippen LogP contribution in [0, 0.1) is 5.92 Å². The Morgan fingerprint density at radius 3 is 2.47 bits per heavy atom. The quantitative estimate of drug-likeness (QED) is 0.815. The predicted molar refractivity (Wildman–Crippen MR) is 72.2 cm³/mol. The van der Waals surface area contributed by atoms with Crippen LogP contribution in [0.15, 0.2) is 0 Å². The fraction of sp³-hybridized carbons (Fsp3) is 0.923. The van der Waals surface area contributed by atoms with Gasteiger partial charge in [-0.05, 0) is 44.4 Å². The van der Waals surface area contributed by atoms with E-state index in [0.717, 1.165) is 32.1 Å². The number of carbonyl (C=O) groups is 1. The zero-order chi connectivity index (χ0) is 11.6. The van der Waals surface area contributed by atoms with Gasteiger partial charge in [-0.15, -0.1) is 12.4 Å². The largest absolute Gasteiger partial charge is 0.351 e. The van der Waals surface area contributed by atoms with Gasteiger partial charge in [-0.25, -0.2) is 0 Å². The van der Waals surface area contributed by atoms with Gasteiger partial charge < -0.3 is 11.1 Å². The number of carbonyl (C=O) groups excluding carboxylic acids is 1. The summed E-state index contributed by atoms with van der Waals surface area (Å²) < 4.78 is 0.